The lowest BCUT2D eigenvalue weighted by atomic mass is 10.00. The van der Waals surface area contributed by atoms with E-state index in [-0.39, 0.29) is 5.91 Å². The number of guanidine groups is 1. The normalized spacial score (nSPS) is 17.4. The maximum absolute atomic E-state index is 12.4. The molecular weight excluding hydrogens is 344 g/mol. The van der Waals surface area contributed by atoms with Crippen molar-refractivity contribution in [2.75, 3.05) is 45.7 Å². The molecule has 0 spiro atoms. The molecule has 1 atom stereocenters. The van der Waals surface area contributed by atoms with Crippen LogP contribution in [0.25, 0.3) is 0 Å². The van der Waals surface area contributed by atoms with Crippen LogP contribution in [0, 0.1) is 5.92 Å². The predicted octanol–water partition coefficient (Wildman–Crippen LogP) is 2.73. The van der Waals surface area contributed by atoms with Crippen LogP contribution in [-0.2, 0) is 4.79 Å². The van der Waals surface area contributed by atoms with E-state index < -0.39 is 0 Å². The summed E-state index contributed by atoms with van der Waals surface area (Å²) in [6.07, 6.45) is 2.77. The molecule has 0 saturated carbocycles. The van der Waals surface area contributed by atoms with Crippen molar-refractivity contribution in [3.8, 4) is 11.5 Å². The van der Waals surface area contributed by atoms with E-state index in [0.29, 0.717) is 42.9 Å². The summed E-state index contributed by atoms with van der Waals surface area (Å²) >= 11 is 0. The van der Waals surface area contributed by atoms with Gasteiger partial charge in [-0.15, -0.1) is 0 Å². The number of hydrogen-bond acceptors (Lipinski definition) is 4. The largest absolute Gasteiger partial charge is 0.493 e. The SMILES string of the molecule is CCOc1cc(NC(=NC)NCCC(=O)N2CCCC(C)C2)ccc1OC. The van der Waals surface area contributed by atoms with Crippen LogP contribution in [0.4, 0.5) is 5.69 Å². The molecule has 1 amide bonds. The number of anilines is 1. The second kappa shape index (κ2) is 10.6. The number of carbonyl (C=O) groups excluding carboxylic acids is 1. The maximum Gasteiger partial charge on any atom is 0.224 e. The zero-order valence-electron chi connectivity index (χ0n) is 16.9. The number of nitrogens with zero attached hydrogens (tertiary/aromatic N) is 2. The maximum atomic E-state index is 12.4. The summed E-state index contributed by atoms with van der Waals surface area (Å²) in [6, 6.07) is 5.62. The lowest BCUT2D eigenvalue weighted by molar-refractivity contribution is -0.132. The van der Waals surface area contributed by atoms with Crippen molar-refractivity contribution in [2.45, 2.75) is 33.1 Å². The fourth-order valence-electron chi connectivity index (χ4n) is 3.20. The molecule has 0 aromatic heterocycles. The van der Waals surface area contributed by atoms with Gasteiger partial charge >= 0.3 is 0 Å². The summed E-state index contributed by atoms with van der Waals surface area (Å²) in [7, 11) is 3.32. The van der Waals surface area contributed by atoms with Crippen LogP contribution in [0.15, 0.2) is 23.2 Å². The van der Waals surface area contributed by atoms with Crippen LogP contribution in [0.3, 0.4) is 0 Å². The van der Waals surface area contributed by atoms with Crippen molar-refractivity contribution in [1.29, 1.82) is 0 Å². The highest BCUT2D eigenvalue weighted by Crippen LogP contribution is 2.30. The van der Waals surface area contributed by atoms with E-state index in [0.717, 1.165) is 25.2 Å². The first-order chi connectivity index (χ1) is 13.1. The Bertz CT molecular complexity index is 648. The van der Waals surface area contributed by atoms with Crippen LogP contribution in [0.1, 0.15) is 33.1 Å². The van der Waals surface area contributed by atoms with E-state index in [9.17, 15) is 4.79 Å². The van der Waals surface area contributed by atoms with E-state index in [2.05, 4.69) is 22.5 Å². The van der Waals surface area contributed by atoms with Gasteiger partial charge in [0.25, 0.3) is 0 Å². The molecule has 2 rings (SSSR count). The van der Waals surface area contributed by atoms with Crippen molar-refractivity contribution >= 4 is 17.6 Å². The quantitative estimate of drug-likeness (QED) is 0.565. The molecule has 0 radical (unpaired) electrons. The van der Waals surface area contributed by atoms with E-state index >= 15 is 0 Å². The number of carbonyl (C=O) groups is 1. The van der Waals surface area contributed by atoms with Gasteiger partial charge in [-0.25, -0.2) is 0 Å². The summed E-state index contributed by atoms with van der Waals surface area (Å²) in [5, 5.41) is 6.42. The molecule has 1 fully saturated rings. The first-order valence-corrected chi connectivity index (χ1v) is 9.63. The number of benzene rings is 1. The molecule has 7 heteroatoms. The Hall–Kier alpha value is -2.44. The van der Waals surface area contributed by atoms with Gasteiger partial charge in [0.1, 0.15) is 0 Å². The van der Waals surface area contributed by atoms with Gasteiger partial charge in [0.05, 0.1) is 13.7 Å². The third-order valence-electron chi connectivity index (χ3n) is 4.59. The van der Waals surface area contributed by atoms with E-state index in [1.165, 1.54) is 6.42 Å². The van der Waals surface area contributed by atoms with Crippen LogP contribution < -0.4 is 20.1 Å². The highest BCUT2D eigenvalue weighted by atomic mass is 16.5. The molecule has 0 aliphatic carbocycles. The zero-order chi connectivity index (χ0) is 19.6. The minimum absolute atomic E-state index is 0.201. The van der Waals surface area contributed by atoms with Crippen molar-refractivity contribution in [3.05, 3.63) is 18.2 Å². The molecular formula is C20H32N4O3. The number of ether oxygens (including phenoxy) is 2. The predicted molar refractivity (Wildman–Crippen MR) is 109 cm³/mol. The summed E-state index contributed by atoms with van der Waals surface area (Å²) < 4.78 is 10.9. The highest BCUT2D eigenvalue weighted by Gasteiger charge is 2.20. The number of piperidine rings is 1. The van der Waals surface area contributed by atoms with E-state index in [4.69, 9.17) is 9.47 Å². The molecule has 1 saturated heterocycles. The van der Waals surface area contributed by atoms with Crippen molar-refractivity contribution < 1.29 is 14.3 Å². The van der Waals surface area contributed by atoms with Crippen LogP contribution in [0.5, 0.6) is 11.5 Å². The molecule has 1 aliphatic heterocycles. The standard InChI is InChI=1S/C20H32N4O3/c1-5-27-18-13-16(8-9-17(18)26-4)23-20(21-3)22-11-10-19(25)24-12-6-7-15(2)14-24/h8-9,13,15H,5-7,10-12,14H2,1-4H3,(H2,21,22,23). The molecule has 1 heterocycles. The molecule has 1 aromatic rings. The Morgan fingerprint density at radius 3 is 2.85 bits per heavy atom. The second-order valence-corrected chi connectivity index (χ2v) is 6.76. The molecule has 0 bridgehead atoms. The van der Waals surface area contributed by atoms with Gasteiger partial charge in [-0.05, 0) is 37.8 Å². The van der Waals surface area contributed by atoms with Gasteiger partial charge in [-0.3, -0.25) is 9.79 Å². The monoisotopic (exact) mass is 376 g/mol. The molecule has 27 heavy (non-hydrogen) atoms. The Morgan fingerprint density at radius 1 is 1.37 bits per heavy atom. The number of nitrogens with one attached hydrogen (secondary N) is 2. The van der Waals surface area contributed by atoms with Crippen molar-refractivity contribution in [1.82, 2.24) is 10.2 Å². The summed E-state index contributed by atoms with van der Waals surface area (Å²) in [5.74, 6) is 2.77. The fraction of sp³-hybridized carbons (Fsp3) is 0.600. The lowest BCUT2D eigenvalue weighted by Gasteiger charge is -2.31. The van der Waals surface area contributed by atoms with Gasteiger partial charge in [-0.2, -0.15) is 0 Å². The van der Waals surface area contributed by atoms with Gasteiger partial charge in [0, 0.05) is 44.9 Å². The topological polar surface area (TPSA) is 75.2 Å². The number of amides is 1. The Kier molecular flexibility index (Phi) is 8.23. The third kappa shape index (κ3) is 6.34. The van der Waals surface area contributed by atoms with Gasteiger partial charge in [0.2, 0.25) is 5.91 Å². The van der Waals surface area contributed by atoms with Crippen LogP contribution in [0.2, 0.25) is 0 Å². The number of likely N-dealkylation sites (tertiary alicyclic amines) is 1. The third-order valence-corrected chi connectivity index (χ3v) is 4.59. The van der Waals surface area contributed by atoms with E-state index in [1.54, 1.807) is 14.2 Å². The lowest BCUT2D eigenvalue weighted by Crippen LogP contribution is -2.41. The van der Waals surface area contributed by atoms with Crippen LogP contribution >= 0.6 is 0 Å². The summed E-state index contributed by atoms with van der Waals surface area (Å²) in [6.45, 7) is 6.98. The molecule has 1 aliphatic rings. The van der Waals surface area contributed by atoms with Crippen LogP contribution in [-0.4, -0.2) is 57.2 Å². The average Bonchev–Trinajstić information content (AvgIpc) is 2.67. The van der Waals surface area contributed by atoms with Gasteiger partial charge < -0.3 is 25.0 Å². The summed E-state index contributed by atoms with van der Waals surface area (Å²) in [5.41, 5.74) is 0.837. The Balaban J connectivity index is 1.85. The molecule has 7 nitrogen and oxygen atoms in total. The van der Waals surface area contributed by atoms with Crippen molar-refractivity contribution in [3.63, 3.8) is 0 Å². The summed E-state index contributed by atoms with van der Waals surface area (Å²) in [4.78, 5) is 18.6. The first-order valence-electron chi connectivity index (χ1n) is 9.63. The van der Waals surface area contributed by atoms with Gasteiger partial charge in [0.15, 0.2) is 17.5 Å². The molecule has 2 N–H and O–H groups in total. The second-order valence-electron chi connectivity index (χ2n) is 6.76. The fourth-order valence-corrected chi connectivity index (χ4v) is 3.20. The first kappa shape index (κ1) is 20.9. The molecule has 150 valence electrons. The minimum Gasteiger partial charge on any atom is -0.493 e. The number of rotatable bonds is 7. The Labute approximate surface area is 162 Å². The number of methoxy groups -OCH3 is 1. The van der Waals surface area contributed by atoms with Gasteiger partial charge in [-0.1, -0.05) is 6.92 Å². The number of aliphatic imine (C=N–C) groups is 1. The number of hydrogen-bond donors (Lipinski definition) is 2. The van der Waals surface area contributed by atoms with E-state index in [1.807, 2.05) is 30.0 Å². The highest BCUT2D eigenvalue weighted by molar-refractivity contribution is 5.94. The smallest absolute Gasteiger partial charge is 0.224 e. The van der Waals surface area contributed by atoms with Crippen molar-refractivity contribution in [2.24, 2.45) is 10.9 Å². The zero-order valence-corrected chi connectivity index (χ0v) is 16.9. The Morgan fingerprint density at radius 2 is 2.19 bits per heavy atom. The average molecular weight is 377 g/mol. The molecule has 1 unspecified atom stereocenters. The minimum atomic E-state index is 0.201. The molecule has 1 aromatic carbocycles.